The summed E-state index contributed by atoms with van der Waals surface area (Å²) in [6, 6.07) is 4.39. The first kappa shape index (κ1) is 14.6. The normalized spacial score (nSPS) is 22.2. The maximum absolute atomic E-state index is 9.26. The van der Waals surface area contributed by atoms with E-state index in [0.717, 1.165) is 44.9 Å². The molecule has 1 aliphatic heterocycles. The van der Waals surface area contributed by atoms with Crippen LogP contribution in [-0.4, -0.2) is 53.7 Å². The van der Waals surface area contributed by atoms with Crippen LogP contribution in [0.25, 0.3) is 0 Å². The van der Waals surface area contributed by atoms with Crippen molar-refractivity contribution in [2.24, 2.45) is 5.92 Å². The quantitative estimate of drug-likeness (QED) is 0.852. The van der Waals surface area contributed by atoms with E-state index in [4.69, 9.17) is 4.42 Å². The molecule has 2 rings (SSSR count). The molecule has 0 aliphatic carbocycles. The van der Waals surface area contributed by atoms with Gasteiger partial charge in [-0.1, -0.05) is 13.8 Å². The first-order valence-electron chi connectivity index (χ1n) is 7.28. The molecule has 1 fully saturated rings. The minimum absolute atomic E-state index is 0.259. The molecule has 2 heterocycles. The topological polar surface area (TPSA) is 39.9 Å². The Balaban J connectivity index is 1.92. The van der Waals surface area contributed by atoms with Crippen LogP contribution in [0.5, 0.6) is 0 Å². The highest BCUT2D eigenvalue weighted by atomic mass is 16.3. The number of hydrogen-bond donors (Lipinski definition) is 1. The molecule has 4 heteroatoms. The van der Waals surface area contributed by atoms with Crippen LogP contribution in [0.3, 0.4) is 0 Å². The highest BCUT2D eigenvalue weighted by Gasteiger charge is 2.27. The van der Waals surface area contributed by atoms with Gasteiger partial charge in [0.25, 0.3) is 0 Å². The van der Waals surface area contributed by atoms with Gasteiger partial charge in [-0.15, -0.1) is 0 Å². The van der Waals surface area contributed by atoms with Crippen LogP contribution in [0.15, 0.2) is 22.8 Å². The third kappa shape index (κ3) is 4.34. The van der Waals surface area contributed by atoms with Gasteiger partial charge >= 0.3 is 0 Å². The van der Waals surface area contributed by atoms with E-state index in [2.05, 4.69) is 23.6 Å². The molecule has 19 heavy (non-hydrogen) atoms. The van der Waals surface area contributed by atoms with Crippen molar-refractivity contribution in [2.45, 2.75) is 32.9 Å². The third-order valence-corrected chi connectivity index (χ3v) is 3.71. The summed E-state index contributed by atoms with van der Waals surface area (Å²) in [4.78, 5) is 4.95. The fraction of sp³-hybridized carbons (Fsp3) is 0.733. The van der Waals surface area contributed by atoms with Gasteiger partial charge in [-0.25, -0.2) is 0 Å². The minimum Gasteiger partial charge on any atom is -0.468 e. The fourth-order valence-corrected chi connectivity index (χ4v) is 2.87. The lowest BCUT2D eigenvalue weighted by Crippen LogP contribution is -2.53. The smallest absolute Gasteiger partial charge is 0.117 e. The SMILES string of the molecule is CC(C)CN1CCN(Cc2ccco2)C(CCO)C1. The molecular weight excluding hydrogens is 240 g/mol. The number of rotatable bonds is 6. The highest BCUT2D eigenvalue weighted by molar-refractivity contribution is 4.99. The number of nitrogens with zero attached hydrogens (tertiary/aromatic N) is 2. The van der Waals surface area contributed by atoms with E-state index in [1.165, 1.54) is 0 Å². The van der Waals surface area contributed by atoms with E-state index in [1.54, 1.807) is 6.26 Å². The lowest BCUT2D eigenvalue weighted by atomic mass is 10.1. The van der Waals surface area contributed by atoms with Crippen molar-refractivity contribution in [3.63, 3.8) is 0 Å². The van der Waals surface area contributed by atoms with Crippen molar-refractivity contribution < 1.29 is 9.52 Å². The molecule has 1 aromatic rings. The maximum Gasteiger partial charge on any atom is 0.117 e. The monoisotopic (exact) mass is 266 g/mol. The largest absolute Gasteiger partial charge is 0.468 e. The Bertz CT molecular complexity index is 351. The lowest BCUT2D eigenvalue weighted by Gasteiger charge is -2.41. The molecule has 0 bridgehead atoms. The summed E-state index contributed by atoms with van der Waals surface area (Å²) in [6.45, 7) is 10.0. The van der Waals surface area contributed by atoms with Gasteiger partial charge in [-0.3, -0.25) is 4.90 Å². The van der Waals surface area contributed by atoms with Gasteiger partial charge < -0.3 is 14.4 Å². The Morgan fingerprint density at radius 2 is 2.26 bits per heavy atom. The molecule has 1 atom stereocenters. The van der Waals surface area contributed by atoms with Crippen molar-refractivity contribution >= 4 is 0 Å². The predicted molar refractivity (Wildman–Crippen MR) is 75.9 cm³/mol. The average molecular weight is 266 g/mol. The van der Waals surface area contributed by atoms with Crippen molar-refractivity contribution in [3.05, 3.63) is 24.2 Å². The third-order valence-electron chi connectivity index (χ3n) is 3.71. The molecule has 1 unspecified atom stereocenters. The number of aliphatic hydroxyl groups excluding tert-OH is 1. The molecule has 0 amide bonds. The van der Waals surface area contributed by atoms with Gasteiger partial charge in [0.05, 0.1) is 12.8 Å². The number of furan rings is 1. The van der Waals surface area contributed by atoms with Crippen LogP contribution in [0, 0.1) is 5.92 Å². The molecular formula is C15H26N2O2. The summed E-state index contributed by atoms with van der Waals surface area (Å²) in [5.41, 5.74) is 0. The molecule has 1 aromatic heterocycles. The molecule has 4 nitrogen and oxygen atoms in total. The first-order chi connectivity index (χ1) is 9.19. The Kier molecular flexibility index (Phi) is 5.43. The van der Waals surface area contributed by atoms with E-state index < -0.39 is 0 Å². The summed E-state index contributed by atoms with van der Waals surface area (Å²) < 4.78 is 5.44. The van der Waals surface area contributed by atoms with E-state index in [-0.39, 0.29) is 6.61 Å². The summed E-state index contributed by atoms with van der Waals surface area (Å²) >= 11 is 0. The predicted octanol–water partition coefficient (Wildman–Crippen LogP) is 1.80. The summed E-state index contributed by atoms with van der Waals surface area (Å²) in [5.74, 6) is 1.71. The molecule has 0 spiro atoms. The Hall–Kier alpha value is -0.840. The van der Waals surface area contributed by atoms with Gasteiger partial charge in [0.1, 0.15) is 5.76 Å². The van der Waals surface area contributed by atoms with Crippen LogP contribution in [0.1, 0.15) is 26.0 Å². The zero-order valence-electron chi connectivity index (χ0n) is 12.1. The second-order valence-corrected chi connectivity index (χ2v) is 5.87. The van der Waals surface area contributed by atoms with Gasteiger partial charge in [0.15, 0.2) is 0 Å². The summed E-state index contributed by atoms with van der Waals surface area (Å²) in [7, 11) is 0. The minimum atomic E-state index is 0.259. The van der Waals surface area contributed by atoms with E-state index in [9.17, 15) is 5.11 Å². The molecule has 0 aromatic carbocycles. The second kappa shape index (κ2) is 7.08. The van der Waals surface area contributed by atoms with E-state index >= 15 is 0 Å². The van der Waals surface area contributed by atoms with Gasteiger partial charge in [0, 0.05) is 38.8 Å². The van der Waals surface area contributed by atoms with Crippen LogP contribution in [0.2, 0.25) is 0 Å². The van der Waals surface area contributed by atoms with Crippen LogP contribution >= 0.6 is 0 Å². The second-order valence-electron chi connectivity index (χ2n) is 5.87. The lowest BCUT2D eigenvalue weighted by molar-refractivity contribution is 0.0441. The first-order valence-corrected chi connectivity index (χ1v) is 7.28. The molecule has 1 aliphatic rings. The van der Waals surface area contributed by atoms with Crippen molar-refractivity contribution in [2.75, 3.05) is 32.8 Å². The zero-order chi connectivity index (χ0) is 13.7. The van der Waals surface area contributed by atoms with Gasteiger partial charge in [-0.2, -0.15) is 0 Å². The highest BCUT2D eigenvalue weighted by Crippen LogP contribution is 2.17. The van der Waals surface area contributed by atoms with Crippen molar-refractivity contribution in [1.29, 1.82) is 0 Å². The molecule has 0 saturated carbocycles. The van der Waals surface area contributed by atoms with Crippen LogP contribution in [0.4, 0.5) is 0 Å². The number of hydrogen-bond acceptors (Lipinski definition) is 4. The summed E-state index contributed by atoms with van der Waals surface area (Å²) in [5, 5.41) is 9.26. The Morgan fingerprint density at radius 1 is 1.42 bits per heavy atom. The summed E-state index contributed by atoms with van der Waals surface area (Å²) in [6.07, 6.45) is 2.57. The molecule has 1 N–H and O–H groups in total. The van der Waals surface area contributed by atoms with Crippen LogP contribution < -0.4 is 0 Å². The average Bonchev–Trinajstić information content (AvgIpc) is 2.85. The van der Waals surface area contributed by atoms with Crippen molar-refractivity contribution in [3.8, 4) is 0 Å². The number of piperazine rings is 1. The van der Waals surface area contributed by atoms with E-state index in [0.29, 0.717) is 12.0 Å². The fourth-order valence-electron chi connectivity index (χ4n) is 2.87. The molecule has 0 radical (unpaired) electrons. The Morgan fingerprint density at radius 3 is 2.89 bits per heavy atom. The van der Waals surface area contributed by atoms with E-state index in [1.807, 2.05) is 12.1 Å². The standard InChI is InChI=1S/C15H26N2O2/c1-13(2)10-16-6-7-17(14(11-16)5-8-18)12-15-4-3-9-19-15/h3-4,9,13-14,18H,5-8,10-12H2,1-2H3. The zero-order valence-corrected chi connectivity index (χ0v) is 12.1. The van der Waals surface area contributed by atoms with Crippen LogP contribution in [-0.2, 0) is 6.54 Å². The van der Waals surface area contributed by atoms with Gasteiger partial charge in [-0.05, 0) is 24.5 Å². The van der Waals surface area contributed by atoms with Crippen molar-refractivity contribution in [1.82, 2.24) is 9.80 Å². The Labute approximate surface area is 116 Å². The number of aliphatic hydroxyl groups is 1. The van der Waals surface area contributed by atoms with Gasteiger partial charge in [0.2, 0.25) is 0 Å². The molecule has 1 saturated heterocycles. The molecule has 108 valence electrons. The maximum atomic E-state index is 9.26.